The predicted molar refractivity (Wildman–Crippen MR) is 53.3 cm³/mol. The standard InChI is InChI=1S/C10H19NO3/c1-8-3-4-9(11(8)2)7-14-6-5-10(12)13/h8-9H,3-7H2,1-2H3,(H,12,13)/t8-,9-/m0/s1. The zero-order valence-corrected chi connectivity index (χ0v) is 8.90. The first-order valence-corrected chi connectivity index (χ1v) is 5.12. The molecule has 0 aromatic heterocycles. The predicted octanol–water partition coefficient (Wildman–Crippen LogP) is 0.960. The summed E-state index contributed by atoms with van der Waals surface area (Å²) in [5, 5.41) is 8.41. The van der Waals surface area contributed by atoms with Crippen LogP contribution in [-0.4, -0.2) is 48.3 Å². The van der Waals surface area contributed by atoms with Crippen LogP contribution in [0.3, 0.4) is 0 Å². The van der Waals surface area contributed by atoms with E-state index in [2.05, 4.69) is 18.9 Å². The molecule has 0 aromatic carbocycles. The van der Waals surface area contributed by atoms with E-state index in [-0.39, 0.29) is 6.42 Å². The van der Waals surface area contributed by atoms with Crippen molar-refractivity contribution in [2.24, 2.45) is 0 Å². The number of likely N-dealkylation sites (tertiary alicyclic amines) is 1. The van der Waals surface area contributed by atoms with Crippen LogP contribution in [0.25, 0.3) is 0 Å². The van der Waals surface area contributed by atoms with Gasteiger partial charge in [0.05, 0.1) is 19.6 Å². The fourth-order valence-electron chi connectivity index (χ4n) is 1.78. The Bertz CT molecular complexity index is 196. The molecule has 82 valence electrons. The Labute approximate surface area is 84.8 Å². The minimum atomic E-state index is -0.793. The van der Waals surface area contributed by atoms with Crippen molar-refractivity contribution in [2.75, 3.05) is 20.3 Å². The summed E-state index contributed by atoms with van der Waals surface area (Å²) in [4.78, 5) is 12.5. The van der Waals surface area contributed by atoms with Gasteiger partial charge in [0.2, 0.25) is 0 Å². The van der Waals surface area contributed by atoms with Gasteiger partial charge in [-0.05, 0) is 26.8 Å². The molecule has 0 aliphatic carbocycles. The zero-order chi connectivity index (χ0) is 10.6. The van der Waals surface area contributed by atoms with E-state index in [0.29, 0.717) is 25.3 Å². The third kappa shape index (κ3) is 3.27. The normalized spacial score (nSPS) is 28.1. The number of carbonyl (C=O) groups is 1. The fourth-order valence-corrected chi connectivity index (χ4v) is 1.78. The summed E-state index contributed by atoms with van der Waals surface area (Å²) in [5.74, 6) is -0.793. The molecule has 4 nitrogen and oxygen atoms in total. The fraction of sp³-hybridized carbons (Fsp3) is 0.900. The van der Waals surface area contributed by atoms with Crippen LogP contribution in [0.15, 0.2) is 0 Å². The van der Waals surface area contributed by atoms with E-state index >= 15 is 0 Å². The van der Waals surface area contributed by atoms with Gasteiger partial charge in [-0.15, -0.1) is 0 Å². The topological polar surface area (TPSA) is 49.8 Å². The second-order valence-corrected chi connectivity index (χ2v) is 3.96. The smallest absolute Gasteiger partial charge is 0.305 e. The van der Waals surface area contributed by atoms with Crippen LogP contribution in [0.4, 0.5) is 0 Å². The largest absolute Gasteiger partial charge is 0.481 e. The van der Waals surface area contributed by atoms with E-state index in [1.807, 2.05) is 0 Å². The maximum absolute atomic E-state index is 10.2. The Morgan fingerprint density at radius 2 is 2.29 bits per heavy atom. The number of rotatable bonds is 5. The van der Waals surface area contributed by atoms with Crippen molar-refractivity contribution >= 4 is 5.97 Å². The number of likely N-dealkylation sites (N-methyl/N-ethyl adjacent to an activating group) is 1. The highest BCUT2D eigenvalue weighted by Gasteiger charge is 2.26. The Hall–Kier alpha value is -0.610. The molecular weight excluding hydrogens is 182 g/mol. The lowest BCUT2D eigenvalue weighted by molar-refractivity contribution is -0.138. The van der Waals surface area contributed by atoms with Gasteiger partial charge in [-0.3, -0.25) is 9.69 Å². The molecule has 0 aromatic rings. The molecular formula is C10H19NO3. The molecule has 0 saturated carbocycles. The van der Waals surface area contributed by atoms with Gasteiger partial charge in [-0.25, -0.2) is 0 Å². The van der Waals surface area contributed by atoms with Crippen LogP contribution in [-0.2, 0) is 9.53 Å². The lowest BCUT2D eigenvalue weighted by Crippen LogP contribution is -2.33. The van der Waals surface area contributed by atoms with Crippen molar-refractivity contribution in [1.82, 2.24) is 4.90 Å². The highest BCUT2D eigenvalue weighted by molar-refractivity contribution is 5.66. The van der Waals surface area contributed by atoms with E-state index in [9.17, 15) is 4.79 Å². The summed E-state index contributed by atoms with van der Waals surface area (Å²) >= 11 is 0. The molecule has 0 amide bonds. The average molecular weight is 201 g/mol. The maximum atomic E-state index is 10.2. The summed E-state index contributed by atoms with van der Waals surface area (Å²) in [7, 11) is 2.10. The number of hydrogen-bond donors (Lipinski definition) is 1. The van der Waals surface area contributed by atoms with Crippen LogP contribution in [0.2, 0.25) is 0 Å². The van der Waals surface area contributed by atoms with Crippen LogP contribution in [0.5, 0.6) is 0 Å². The molecule has 0 unspecified atom stereocenters. The summed E-state index contributed by atoms with van der Waals surface area (Å²) in [6.45, 7) is 3.19. The molecule has 4 heteroatoms. The van der Waals surface area contributed by atoms with E-state index in [4.69, 9.17) is 9.84 Å². The minimum absolute atomic E-state index is 0.103. The van der Waals surface area contributed by atoms with Gasteiger partial charge >= 0.3 is 5.97 Å². The van der Waals surface area contributed by atoms with E-state index in [1.165, 1.54) is 6.42 Å². The third-order valence-electron chi connectivity index (χ3n) is 2.96. The number of carboxylic acids is 1. The van der Waals surface area contributed by atoms with Crippen LogP contribution in [0, 0.1) is 0 Å². The Morgan fingerprint density at radius 1 is 1.57 bits per heavy atom. The quantitative estimate of drug-likeness (QED) is 0.673. The van der Waals surface area contributed by atoms with Crippen LogP contribution < -0.4 is 0 Å². The SMILES string of the molecule is C[C@H]1CC[C@@H](COCCC(=O)O)N1C. The van der Waals surface area contributed by atoms with Gasteiger partial charge in [0.1, 0.15) is 0 Å². The highest BCUT2D eigenvalue weighted by atomic mass is 16.5. The van der Waals surface area contributed by atoms with Crippen molar-refractivity contribution in [3.05, 3.63) is 0 Å². The summed E-state index contributed by atoms with van der Waals surface area (Å²) in [6, 6.07) is 1.10. The zero-order valence-electron chi connectivity index (χ0n) is 8.90. The monoisotopic (exact) mass is 201 g/mol. The van der Waals surface area contributed by atoms with Gasteiger partial charge in [0.15, 0.2) is 0 Å². The Balaban J connectivity index is 2.10. The van der Waals surface area contributed by atoms with E-state index in [0.717, 1.165) is 6.42 Å². The first kappa shape index (κ1) is 11.5. The number of aliphatic carboxylic acids is 1. The lowest BCUT2D eigenvalue weighted by Gasteiger charge is -2.22. The molecule has 1 aliphatic heterocycles. The van der Waals surface area contributed by atoms with Crippen molar-refractivity contribution in [3.63, 3.8) is 0 Å². The molecule has 1 rings (SSSR count). The first-order chi connectivity index (χ1) is 6.61. The molecule has 0 bridgehead atoms. The average Bonchev–Trinajstić information content (AvgIpc) is 2.43. The molecule has 1 N–H and O–H groups in total. The number of carboxylic acid groups (broad SMARTS) is 1. The molecule has 1 aliphatic rings. The molecule has 1 fully saturated rings. The van der Waals surface area contributed by atoms with Crippen molar-refractivity contribution < 1.29 is 14.6 Å². The third-order valence-corrected chi connectivity index (χ3v) is 2.96. The Morgan fingerprint density at radius 3 is 2.79 bits per heavy atom. The van der Waals surface area contributed by atoms with E-state index < -0.39 is 5.97 Å². The first-order valence-electron chi connectivity index (χ1n) is 5.12. The minimum Gasteiger partial charge on any atom is -0.481 e. The van der Waals surface area contributed by atoms with Crippen LogP contribution >= 0.6 is 0 Å². The van der Waals surface area contributed by atoms with Gasteiger partial charge in [0.25, 0.3) is 0 Å². The molecule has 0 radical (unpaired) electrons. The molecule has 14 heavy (non-hydrogen) atoms. The summed E-state index contributed by atoms with van der Waals surface area (Å²) in [5.41, 5.74) is 0. The van der Waals surface area contributed by atoms with Crippen LogP contribution in [0.1, 0.15) is 26.2 Å². The number of hydrogen-bond acceptors (Lipinski definition) is 3. The number of nitrogens with zero attached hydrogens (tertiary/aromatic N) is 1. The van der Waals surface area contributed by atoms with Gasteiger partial charge in [0, 0.05) is 12.1 Å². The lowest BCUT2D eigenvalue weighted by atomic mass is 10.2. The summed E-state index contributed by atoms with van der Waals surface area (Å²) in [6.07, 6.45) is 2.47. The van der Waals surface area contributed by atoms with Crippen molar-refractivity contribution in [1.29, 1.82) is 0 Å². The van der Waals surface area contributed by atoms with Crippen molar-refractivity contribution in [3.8, 4) is 0 Å². The maximum Gasteiger partial charge on any atom is 0.305 e. The second-order valence-electron chi connectivity index (χ2n) is 3.96. The second kappa shape index (κ2) is 5.32. The number of ether oxygens (including phenoxy) is 1. The molecule has 1 heterocycles. The molecule has 0 spiro atoms. The van der Waals surface area contributed by atoms with Gasteiger partial charge in [-0.1, -0.05) is 0 Å². The van der Waals surface area contributed by atoms with Gasteiger partial charge in [-0.2, -0.15) is 0 Å². The Kier molecular flexibility index (Phi) is 4.35. The highest BCUT2D eigenvalue weighted by Crippen LogP contribution is 2.21. The van der Waals surface area contributed by atoms with E-state index in [1.54, 1.807) is 0 Å². The van der Waals surface area contributed by atoms with Gasteiger partial charge < -0.3 is 9.84 Å². The molecule has 2 atom stereocenters. The van der Waals surface area contributed by atoms with Crippen molar-refractivity contribution in [2.45, 2.75) is 38.3 Å². The molecule has 1 saturated heterocycles. The summed E-state index contributed by atoms with van der Waals surface area (Å²) < 4.78 is 5.32.